The van der Waals surface area contributed by atoms with Gasteiger partial charge >= 0.3 is 23.8 Å². The third kappa shape index (κ3) is 5.77. The summed E-state index contributed by atoms with van der Waals surface area (Å²) in [5, 5.41) is 22.3. The van der Waals surface area contributed by atoms with Gasteiger partial charge in [-0.25, -0.2) is 0 Å². The highest BCUT2D eigenvalue weighted by Crippen LogP contribution is 2.37. The van der Waals surface area contributed by atoms with Gasteiger partial charge in [0.1, 0.15) is 0 Å². The Kier molecular flexibility index (Phi) is 6.69. The van der Waals surface area contributed by atoms with Gasteiger partial charge in [0.2, 0.25) is 0 Å². The molecule has 3 aromatic rings. The van der Waals surface area contributed by atoms with Crippen molar-refractivity contribution in [3.63, 3.8) is 0 Å². The van der Waals surface area contributed by atoms with E-state index in [1.807, 2.05) is 24.3 Å². The number of amides is 1. The molecular formula is C25H24N4O4. The van der Waals surface area contributed by atoms with Crippen LogP contribution in [0.3, 0.4) is 0 Å². The first-order chi connectivity index (χ1) is 16.0. The van der Waals surface area contributed by atoms with Crippen LogP contribution in [0, 0.1) is 18.3 Å². The van der Waals surface area contributed by atoms with E-state index in [-0.39, 0.29) is 24.2 Å². The minimum atomic E-state index is -0.721. The topological polar surface area (TPSA) is 117 Å². The molecule has 0 saturated heterocycles. The van der Waals surface area contributed by atoms with E-state index >= 15 is 0 Å². The van der Waals surface area contributed by atoms with Gasteiger partial charge in [-0.05, 0) is 73.4 Å². The van der Waals surface area contributed by atoms with Crippen molar-refractivity contribution in [1.29, 1.82) is 0 Å². The highest BCUT2D eigenvalue weighted by molar-refractivity contribution is 6.00. The van der Waals surface area contributed by atoms with Crippen LogP contribution in [0.15, 0.2) is 52.9 Å². The largest absolute Gasteiger partial charge is 0.481 e. The van der Waals surface area contributed by atoms with Crippen LogP contribution in [0.1, 0.15) is 59.8 Å². The molecule has 1 aromatic heterocycles. The number of aromatic nitrogens is 2. The third-order valence-corrected chi connectivity index (χ3v) is 5.85. The van der Waals surface area contributed by atoms with Crippen molar-refractivity contribution in [2.75, 3.05) is 10.6 Å². The molecule has 0 atom stereocenters. The van der Waals surface area contributed by atoms with Gasteiger partial charge in [0.05, 0.1) is 0 Å². The summed E-state index contributed by atoms with van der Waals surface area (Å²) in [6.45, 7) is 0. The molecule has 0 bridgehead atoms. The number of aliphatic carboxylic acids is 1. The van der Waals surface area contributed by atoms with Crippen molar-refractivity contribution in [3.05, 3.63) is 65.5 Å². The molecule has 1 amide bonds. The van der Waals surface area contributed by atoms with E-state index in [0.29, 0.717) is 22.9 Å². The number of carbonyl (C=O) groups excluding carboxylic acids is 1. The molecule has 4 rings (SSSR count). The monoisotopic (exact) mass is 444 g/mol. The first-order valence-electron chi connectivity index (χ1n) is 10.8. The summed E-state index contributed by atoms with van der Waals surface area (Å²) in [5.41, 5.74) is 3.20. The Morgan fingerprint density at radius 2 is 1.82 bits per heavy atom. The van der Waals surface area contributed by atoms with Crippen molar-refractivity contribution in [1.82, 2.24) is 10.2 Å². The molecule has 0 unspecified atom stereocenters. The zero-order valence-corrected chi connectivity index (χ0v) is 18.0. The molecular weight excluding hydrogens is 420 g/mol. The van der Waals surface area contributed by atoms with Gasteiger partial charge in [-0.3, -0.25) is 9.59 Å². The van der Waals surface area contributed by atoms with Gasteiger partial charge in [0, 0.05) is 23.4 Å². The summed E-state index contributed by atoms with van der Waals surface area (Å²) in [4.78, 5) is 23.4. The number of terminal acetylenes is 1. The number of benzene rings is 2. The van der Waals surface area contributed by atoms with E-state index < -0.39 is 11.9 Å². The van der Waals surface area contributed by atoms with Crippen molar-refractivity contribution < 1.29 is 19.1 Å². The molecule has 33 heavy (non-hydrogen) atoms. The molecule has 8 heteroatoms. The second-order valence-corrected chi connectivity index (χ2v) is 8.15. The average Bonchev–Trinajstić information content (AvgIpc) is 3.28. The van der Waals surface area contributed by atoms with Crippen molar-refractivity contribution in [3.8, 4) is 12.3 Å². The van der Waals surface area contributed by atoms with E-state index in [9.17, 15) is 9.59 Å². The van der Waals surface area contributed by atoms with Crippen LogP contribution in [0.25, 0.3) is 0 Å². The number of hydrogen-bond acceptors (Lipinski definition) is 6. The zero-order valence-electron chi connectivity index (χ0n) is 18.0. The lowest BCUT2D eigenvalue weighted by Crippen LogP contribution is -2.16. The Hall–Kier alpha value is -4.12. The predicted octanol–water partition coefficient (Wildman–Crippen LogP) is 4.80. The molecule has 1 fully saturated rings. The molecule has 2 aromatic carbocycles. The van der Waals surface area contributed by atoms with Crippen molar-refractivity contribution in [2.24, 2.45) is 5.92 Å². The standard InChI is InChI=1S/C25H24N4O4/c1-2-16-4-3-5-21(14-16)27-25-29-28-24(33-25)23(32)26-20-12-10-19(11-13-20)18-8-6-17(7-9-18)15-22(30)31/h1,3-5,10-14,17-18H,6-9,15H2,(H,26,32)(H,27,29)(H,30,31)/t17-,18-. The Balaban J connectivity index is 1.32. The lowest BCUT2D eigenvalue weighted by Gasteiger charge is -2.28. The molecule has 0 radical (unpaired) electrons. The van der Waals surface area contributed by atoms with E-state index in [1.165, 1.54) is 5.56 Å². The van der Waals surface area contributed by atoms with Crippen molar-refractivity contribution >= 4 is 29.3 Å². The fourth-order valence-electron chi connectivity index (χ4n) is 4.15. The summed E-state index contributed by atoms with van der Waals surface area (Å²) in [6, 6.07) is 14.9. The van der Waals surface area contributed by atoms with Crippen molar-refractivity contribution in [2.45, 2.75) is 38.0 Å². The van der Waals surface area contributed by atoms with Gasteiger partial charge in [-0.15, -0.1) is 11.5 Å². The van der Waals surface area contributed by atoms with Crippen LogP contribution in [0.5, 0.6) is 0 Å². The van der Waals surface area contributed by atoms with Crippen LogP contribution >= 0.6 is 0 Å². The maximum Gasteiger partial charge on any atom is 0.320 e. The zero-order chi connectivity index (χ0) is 23.2. The molecule has 0 aliphatic heterocycles. The Morgan fingerprint density at radius 1 is 1.06 bits per heavy atom. The van der Waals surface area contributed by atoms with E-state index in [0.717, 1.165) is 25.7 Å². The molecule has 3 N–H and O–H groups in total. The number of hydrogen-bond donors (Lipinski definition) is 3. The van der Waals surface area contributed by atoms with Crippen LogP contribution in [0.2, 0.25) is 0 Å². The molecule has 1 saturated carbocycles. The number of nitrogens with one attached hydrogen (secondary N) is 2. The molecule has 1 heterocycles. The molecule has 168 valence electrons. The van der Waals surface area contributed by atoms with Gasteiger partial charge < -0.3 is 20.2 Å². The van der Waals surface area contributed by atoms with Gasteiger partial charge in [0.15, 0.2) is 0 Å². The maximum absolute atomic E-state index is 12.5. The molecule has 1 aliphatic carbocycles. The number of carboxylic acids is 1. The van der Waals surface area contributed by atoms with Gasteiger partial charge in [0.25, 0.3) is 0 Å². The summed E-state index contributed by atoms with van der Waals surface area (Å²) in [6.07, 6.45) is 9.46. The van der Waals surface area contributed by atoms with Crippen LogP contribution < -0.4 is 10.6 Å². The number of nitrogens with zero attached hydrogens (tertiary/aromatic N) is 2. The maximum atomic E-state index is 12.5. The fraction of sp³-hybridized carbons (Fsp3) is 0.280. The minimum absolute atomic E-state index is 0.0863. The number of carbonyl (C=O) groups is 2. The molecule has 1 aliphatic rings. The molecule has 8 nitrogen and oxygen atoms in total. The van der Waals surface area contributed by atoms with E-state index in [2.05, 4.69) is 26.8 Å². The number of carboxylic acid groups (broad SMARTS) is 1. The number of rotatable bonds is 7. The summed E-state index contributed by atoms with van der Waals surface area (Å²) >= 11 is 0. The Bertz CT molecular complexity index is 1170. The quantitative estimate of drug-likeness (QED) is 0.448. The van der Waals surface area contributed by atoms with Crippen LogP contribution in [-0.2, 0) is 4.79 Å². The SMILES string of the molecule is C#Cc1cccc(Nc2nnc(C(=O)Nc3ccc([C@H]4CC[C@H](CC(=O)O)CC4)cc3)o2)c1. The lowest BCUT2D eigenvalue weighted by molar-refractivity contribution is -0.138. The first kappa shape index (κ1) is 22.1. The summed E-state index contributed by atoms with van der Waals surface area (Å²) in [7, 11) is 0. The second kappa shape index (κ2) is 10.0. The first-order valence-corrected chi connectivity index (χ1v) is 10.8. The predicted molar refractivity (Wildman–Crippen MR) is 123 cm³/mol. The Labute approximate surface area is 191 Å². The average molecular weight is 444 g/mol. The third-order valence-electron chi connectivity index (χ3n) is 5.85. The molecule has 0 spiro atoms. The second-order valence-electron chi connectivity index (χ2n) is 8.15. The Morgan fingerprint density at radius 3 is 2.52 bits per heavy atom. The number of anilines is 3. The van der Waals surface area contributed by atoms with Gasteiger partial charge in [-0.2, -0.15) is 0 Å². The summed E-state index contributed by atoms with van der Waals surface area (Å²) in [5.74, 6) is 1.84. The smallest absolute Gasteiger partial charge is 0.320 e. The fourth-order valence-corrected chi connectivity index (χ4v) is 4.15. The van der Waals surface area contributed by atoms with Gasteiger partial charge in [-0.1, -0.05) is 29.2 Å². The van der Waals surface area contributed by atoms with Crippen LogP contribution in [0.4, 0.5) is 17.4 Å². The highest BCUT2D eigenvalue weighted by Gasteiger charge is 2.24. The summed E-state index contributed by atoms with van der Waals surface area (Å²) < 4.78 is 5.41. The van der Waals surface area contributed by atoms with E-state index in [1.54, 1.807) is 24.3 Å². The van der Waals surface area contributed by atoms with Crippen LogP contribution in [-0.4, -0.2) is 27.2 Å². The minimum Gasteiger partial charge on any atom is -0.481 e. The highest BCUT2D eigenvalue weighted by atomic mass is 16.4. The lowest BCUT2D eigenvalue weighted by atomic mass is 9.77. The normalized spacial score (nSPS) is 17.7. The van der Waals surface area contributed by atoms with E-state index in [4.69, 9.17) is 15.9 Å².